The average Bonchev–Trinajstić information content (AvgIpc) is 2.42. The molecule has 0 saturated heterocycles. The van der Waals surface area contributed by atoms with Crippen LogP contribution in [0.4, 0.5) is 4.39 Å². The van der Waals surface area contributed by atoms with Gasteiger partial charge in [0.2, 0.25) is 0 Å². The van der Waals surface area contributed by atoms with E-state index >= 15 is 0 Å². The fourth-order valence-electron chi connectivity index (χ4n) is 2.35. The third-order valence-electron chi connectivity index (χ3n) is 3.27. The summed E-state index contributed by atoms with van der Waals surface area (Å²) in [5, 5.41) is 0. The maximum Gasteiger partial charge on any atom is 0.123 e. The van der Waals surface area contributed by atoms with Gasteiger partial charge in [-0.15, -0.1) is 0 Å². The van der Waals surface area contributed by atoms with E-state index < -0.39 is 0 Å². The Hall–Kier alpha value is -1.09. The van der Waals surface area contributed by atoms with Crippen LogP contribution in [-0.2, 0) is 0 Å². The third-order valence-corrected chi connectivity index (χ3v) is 3.27. The van der Waals surface area contributed by atoms with Crippen molar-refractivity contribution in [2.24, 2.45) is 5.73 Å². The summed E-state index contributed by atoms with van der Waals surface area (Å²) < 4.78 is 19.3. The number of halogens is 1. The van der Waals surface area contributed by atoms with Gasteiger partial charge in [0.1, 0.15) is 11.6 Å². The SMILES string of the molecule is CCCOc1ccc(F)cc1C(CCC)CCCN. The number of nitrogens with two attached hydrogens (primary N) is 1. The molecule has 0 aromatic heterocycles. The highest BCUT2D eigenvalue weighted by Crippen LogP contribution is 2.34. The maximum atomic E-state index is 13.5. The Balaban J connectivity index is 2.93. The summed E-state index contributed by atoms with van der Waals surface area (Å²) in [7, 11) is 0. The summed E-state index contributed by atoms with van der Waals surface area (Å²) in [5.41, 5.74) is 6.60. The summed E-state index contributed by atoms with van der Waals surface area (Å²) in [4.78, 5) is 0. The van der Waals surface area contributed by atoms with Crippen molar-refractivity contribution in [1.29, 1.82) is 0 Å². The molecule has 108 valence electrons. The van der Waals surface area contributed by atoms with Gasteiger partial charge in [0.05, 0.1) is 6.61 Å². The van der Waals surface area contributed by atoms with Crippen LogP contribution in [-0.4, -0.2) is 13.2 Å². The summed E-state index contributed by atoms with van der Waals surface area (Å²) in [6, 6.07) is 4.85. The second-order valence-electron chi connectivity index (χ2n) is 4.95. The fraction of sp³-hybridized carbons (Fsp3) is 0.625. The van der Waals surface area contributed by atoms with E-state index in [0.29, 0.717) is 19.1 Å². The molecule has 0 bridgehead atoms. The lowest BCUT2D eigenvalue weighted by molar-refractivity contribution is 0.309. The lowest BCUT2D eigenvalue weighted by Crippen LogP contribution is -2.07. The molecule has 0 fully saturated rings. The van der Waals surface area contributed by atoms with Crippen molar-refractivity contribution in [3.05, 3.63) is 29.6 Å². The molecule has 0 radical (unpaired) electrons. The van der Waals surface area contributed by atoms with E-state index in [1.807, 2.05) is 0 Å². The van der Waals surface area contributed by atoms with Crippen LogP contribution < -0.4 is 10.5 Å². The van der Waals surface area contributed by atoms with E-state index in [0.717, 1.165) is 43.4 Å². The number of hydrogen-bond acceptors (Lipinski definition) is 2. The van der Waals surface area contributed by atoms with E-state index in [1.165, 1.54) is 6.07 Å². The van der Waals surface area contributed by atoms with Gasteiger partial charge in [0.25, 0.3) is 0 Å². The summed E-state index contributed by atoms with van der Waals surface area (Å²) >= 11 is 0. The second kappa shape index (κ2) is 8.92. The van der Waals surface area contributed by atoms with E-state index in [9.17, 15) is 4.39 Å². The molecule has 1 aromatic carbocycles. The molecule has 1 rings (SSSR count). The predicted molar refractivity (Wildman–Crippen MR) is 78.1 cm³/mol. The number of ether oxygens (including phenoxy) is 1. The number of hydrogen-bond donors (Lipinski definition) is 1. The van der Waals surface area contributed by atoms with Gasteiger partial charge in [-0.3, -0.25) is 0 Å². The Kier molecular flexibility index (Phi) is 7.49. The molecule has 1 unspecified atom stereocenters. The first-order valence-corrected chi connectivity index (χ1v) is 7.35. The summed E-state index contributed by atoms with van der Waals surface area (Å²) in [6.07, 6.45) is 5.05. The lowest BCUT2D eigenvalue weighted by atomic mass is 9.89. The highest BCUT2D eigenvalue weighted by Gasteiger charge is 2.16. The molecule has 0 amide bonds. The van der Waals surface area contributed by atoms with Crippen LogP contribution in [0.1, 0.15) is 57.4 Å². The fourth-order valence-corrected chi connectivity index (χ4v) is 2.35. The molecular formula is C16H26FNO. The zero-order valence-electron chi connectivity index (χ0n) is 12.1. The van der Waals surface area contributed by atoms with Crippen LogP contribution in [0.25, 0.3) is 0 Å². The van der Waals surface area contributed by atoms with Gasteiger partial charge in [-0.2, -0.15) is 0 Å². The normalized spacial score (nSPS) is 12.4. The quantitative estimate of drug-likeness (QED) is 0.726. The average molecular weight is 267 g/mol. The van der Waals surface area contributed by atoms with E-state index in [1.54, 1.807) is 12.1 Å². The highest BCUT2D eigenvalue weighted by molar-refractivity contribution is 5.37. The number of rotatable bonds is 9. The van der Waals surface area contributed by atoms with Crippen molar-refractivity contribution < 1.29 is 9.13 Å². The second-order valence-corrected chi connectivity index (χ2v) is 4.95. The van der Waals surface area contributed by atoms with Crippen LogP contribution in [0.5, 0.6) is 5.75 Å². The van der Waals surface area contributed by atoms with Crippen LogP contribution in [0, 0.1) is 5.82 Å². The molecular weight excluding hydrogens is 241 g/mol. The zero-order valence-corrected chi connectivity index (χ0v) is 12.1. The first kappa shape index (κ1) is 16.0. The van der Waals surface area contributed by atoms with Crippen LogP contribution in [0.3, 0.4) is 0 Å². The molecule has 0 aliphatic rings. The Bertz CT molecular complexity index is 368. The van der Waals surface area contributed by atoms with Gasteiger partial charge in [-0.25, -0.2) is 4.39 Å². The molecule has 1 aromatic rings. The van der Waals surface area contributed by atoms with Gasteiger partial charge in [-0.1, -0.05) is 20.3 Å². The Morgan fingerprint density at radius 1 is 1.21 bits per heavy atom. The molecule has 1 atom stereocenters. The monoisotopic (exact) mass is 267 g/mol. The van der Waals surface area contributed by atoms with Crippen LogP contribution in [0.2, 0.25) is 0 Å². The predicted octanol–water partition coefficient (Wildman–Crippen LogP) is 4.24. The van der Waals surface area contributed by atoms with Gasteiger partial charge < -0.3 is 10.5 Å². The minimum atomic E-state index is -0.187. The van der Waals surface area contributed by atoms with Gasteiger partial charge in [0, 0.05) is 5.56 Å². The Labute approximate surface area is 116 Å². The van der Waals surface area contributed by atoms with E-state index in [2.05, 4.69) is 13.8 Å². The molecule has 0 spiro atoms. The molecule has 2 N–H and O–H groups in total. The van der Waals surface area contributed by atoms with Gasteiger partial charge in [-0.05, 0) is 56.3 Å². The van der Waals surface area contributed by atoms with E-state index in [-0.39, 0.29) is 5.82 Å². The van der Waals surface area contributed by atoms with Crippen molar-refractivity contribution >= 4 is 0 Å². The standard InChI is InChI=1S/C16H26FNO/c1-3-6-13(7-5-10-18)15-12-14(17)8-9-16(15)19-11-4-2/h8-9,12-13H,3-7,10-11,18H2,1-2H3. The highest BCUT2D eigenvalue weighted by atomic mass is 19.1. The topological polar surface area (TPSA) is 35.2 Å². The minimum absolute atomic E-state index is 0.187. The Morgan fingerprint density at radius 3 is 2.63 bits per heavy atom. The van der Waals surface area contributed by atoms with Crippen LogP contribution in [0.15, 0.2) is 18.2 Å². The third kappa shape index (κ3) is 5.19. The molecule has 0 saturated carbocycles. The first-order chi connectivity index (χ1) is 9.22. The van der Waals surface area contributed by atoms with Gasteiger partial charge in [0.15, 0.2) is 0 Å². The van der Waals surface area contributed by atoms with Crippen molar-refractivity contribution in [1.82, 2.24) is 0 Å². The molecule has 0 aliphatic heterocycles. The van der Waals surface area contributed by atoms with Crippen molar-refractivity contribution in [2.45, 2.75) is 51.9 Å². The molecule has 19 heavy (non-hydrogen) atoms. The largest absolute Gasteiger partial charge is 0.493 e. The van der Waals surface area contributed by atoms with E-state index in [4.69, 9.17) is 10.5 Å². The molecule has 0 aliphatic carbocycles. The van der Waals surface area contributed by atoms with Crippen molar-refractivity contribution in [3.63, 3.8) is 0 Å². The van der Waals surface area contributed by atoms with Crippen LogP contribution >= 0.6 is 0 Å². The molecule has 2 nitrogen and oxygen atoms in total. The van der Waals surface area contributed by atoms with Gasteiger partial charge >= 0.3 is 0 Å². The molecule has 3 heteroatoms. The minimum Gasteiger partial charge on any atom is -0.493 e. The Morgan fingerprint density at radius 2 is 2.00 bits per heavy atom. The first-order valence-electron chi connectivity index (χ1n) is 7.35. The van der Waals surface area contributed by atoms with Crippen molar-refractivity contribution in [3.8, 4) is 5.75 Å². The maximum absolute atomic E-state index is 13.5. The van der Waals surface area contributed by atoms with Crippen molar-refractivity contribution in [2.75, 3.05) is 13.2 Å². The smallest absolute Gasteiger partial charge is 0.123 e. The summed E-state index contributed by atoms with van der Waals surface area (Å²) in [6.45, 7) is 5.58. The summed E-state index contributed by atoms with van der Waals surface area (Å²) in [5.74, 6) is 0.988. The lowest BCUT2D eigenvalue weighted by Gasteiger charge is -2.20. The molecule has 0 heterocycles. The number of benzene rings is 1. The zero-order chi connectivity index (χ0) is 14.1.